The fraction of sp³-hybridized carbons (Fsp3) is 0. The van der Waals surface area contributed by atoms with Crippen LogP contribution in [-0.4, -0.2) is 12.1 Å². The fourth-order valence-corrected chi connectivity index (χ4v) is 0.173. The highest BCUT2D eigenvalue weighted by Crippen LogP contribution is 1.85. The molecule has 41 valence electrons. The maximum Gasteiger partial charge on any atom is 0.236 e. The van der Waals surface area contributed by atoms with Crippen molar-refractivity contribution < 1.29 is 9.59 Å². The lowest BCUT2D eigenvalue weighted by molar-refractivity contribution is -0.110. The second-order valence-electron chi connectivity index (χ2n) is 1.15. The van der Waals surface area contributed by atoms with Crippen LogP contribution in [0.1, 0.15) is 0 Å². The van der Waals surface area contributed by atoms with Crippen LogP contribution < -0.4 is 0 Å². The van der Waals surface area contributed by atoms with Gasteiger partial charge in [0.15, 0.2) is 5.78 Å². The van der Waals surface area contributed by atoms with Gasteiger partial charge in [-0.1, -0.05) is 13.2 Å². The first kappa shape index (κ1) is 6.82. The second kappa shape index (κ2) is 2.91. The molecule has 2 nitrogen and oxygen atoms in total. The molecule has 2 heteroatoms. The Morgan fingerprint density at radius 2 is 2.12 bits per heavy atom. The summed E-state index contributed by atoms with van der Waals surface area (Å²) in [6, 6.07) is 0. The summed E-state index contributed by atoms with van der Waals surface area (Å²) in [7, 11) is 0. The van der Waals surface area contributed by atoms with E-state index in [0.29, 0.717) is 0 Å². The van der Waals surface area contributed by atoms with Crippen LogP contribution in [0.25, 0.3) is 0 Å². The smallest absolute Gasteiger partial charge is 0.236 e. The zero-order valence-electron chi connectivity index (χ0n) is 4.31. The van der Waals surface area contributed by atoms with E-state index in [-0.39, 0.29) is 5.57 Å². The summed E-state index contributed by atoms with van der Waals surface area (Å²) in [5, 5.41) is 0. The minimum atomic E-state index is -0.472. The van der Waals surface area contributed by atoms with Crippen molar-refractivity contribution in [2.45, 2.75) is 0 Å². The topological polar surface area (TPSA) is 34.1 Å². The first-order valence-electron chi connectivity index (χ1n) is 1.96. The molecule has 0 unspecified atom stereocenters. The van der Waals surface area contributed by atoms with Crippen molar-refractivity contribution in [2.75, 3.05) is 0 Å². The van der Waals surface area contributed by atoms with Crippen LogP contribution in [0.5, 0.6) is 0 Å². The van der Waals surface area contributed by atoms with Gasteiger partial charge in [0, 0.05) is 0 Å². The van der Waals surface area contributed by atoms with Gasteiger partial charge in [0.1, 0.15) is 0 Å². The second-order valence-corrected chi connectivity index (χ2v) is 1.15. The van der Waals surface area contributed by atoms with Crippen LogP contribution in [0.3, 0.4) is 0 Å². The zero-order valence-corrected chi connectivity index (χ0v) is 4.31. The molecule has 0 saturated heterocycles. The molecule has 1 radical (unpaired) electrons. The molecule has 0 aliphatic heterocycles. The molecule has 0 bridgehead atoms. The van der Waals surface area contributed by atoms with Gasteiger partial charge < -0.3 is 0 Å². The third-order valence-electron chi connectivity index (χ3n) is 0.606. The molecule has 0 aliphatic carbocycles. The average molecular weight is 109 g/mol. The lowest BCUT2D eigenvalue weighted by atomic mass is 10.2. The number of carbonyl (C=O) groups excluding carboxylic acids is 2. The van der Waals surface area contributed by atoms with Crippen molar-refractivity contribution in [1.29, 1.82) is 0 Å². The summed E-state index contributed by atoms with van der Waals surface area (Å²) in [4.78, 5) is 19.9. The molecule has 0 heterocycles. The van der Waals surface area contributed by atoms with Crippen LogP contribution in [0.4, 0.5) is 0 Å². The van der Waals surface area contributed by atoms with E-state index in [2.05, 4.69) is 13.2 Å². The van der Waals surface area contributed by atoms with Gasteiger partial charge in [-0.2, -0.15) is 0 Å². The molecule has 8 heavy (non-hydrogen) atoms. The standard InChI is InChI=1S/C6H5O2/c1-3-6(8)5(2)4-7/h3H,1-2H2. The molecule has 0 atom stereocenters. The number of carbonyl (C=O) groups is 1. The molecule has 0 amide bonds. The summed E-state index contributed by atoms with van der Waals surface area (Å²) >= 11 is 0. The van der Waals surface area contributed by atoms with Gasteiger partial charge in [0.25, 0.3) is 0 Å². The molecule has 0 aromatic heterocycles. The highest BCUT2D eigenvalue weighted by atomic mass is 16.1. The average Bonchev–Trinajstić information content (AvgIpc) is 1.84. The summed E-state index contributed by atoms with van der Waals surface area (Å²) in [6.07, 6.45) is 2.37. The van der Waals surface area contributed by atoms with Crippen molar-refractivity contribution in [1.82, 2.24) is 0 Å². The lowest BCUT2D eigenvalue weighted by Crippen LogP contribution is -1.95. The molecule has 0 aliphatic rings. The largest absolute Gasteiger partial charge is 0.289 e. The summed E-state index contributed by atoms with van der Waals surface area (Å²) in [6.45, 7) is 6.24. The van der Waals surface area contributed by atoms with E-state index in [4.69, 9.17) is 0 Å². The highest BCUT2D eigenvalue weighted by Gasteiger charge is 1.98. The van der Waals surface area contributed by atoms with Crippen LogP contribution >= 0.6 is 0 Å². The Morgan fingerprint density at radius 3 is 2.25 bits per heavy atom. The van der Waals surface area contributed by atoms with Gasteiger partial charge in [-0.05, 0) is 6.08 Å². The van der Waals surface area contributed by atoms with E-state index in [9.17, 15) is 9.59 Å². The molecule has 0 aromatic carbocycles. The predicted molar refractivity (Wildman–Crippen MR) is 30.0 cm³/mol. The molecular weight excluding hydrogens is 104 g/mol. The summed E-state index contributed by atoms with van der Waals surface area (Å²) < 4.78 is 0. The van der Waals surface area contributed by atoms with Gasteiger partial charge >= 0.3 is 0 Å². The van der Waals surface area contributed by atoms with E-state index in [1.54, 1.807) is 0 Å². The van der Waals surface area contributed by atoms with Gasteiger partial charge in [-0.25, -0.2) is 0 Å². The molecule has 0 aromatic rings. The third kappa shape index (κ3) is 1.51. The summed E-state index contributed by atoms with van der Waals surface area (Å²) in [5.74, 6) is -0.472. The molecule has 0 rings (SSSR count). The molecular formula is C6H5O2. The maximum atomic E-state index is 10.3. The first-order valence-corrected chi connectivity index (χ1v) is 1.96. The fourth-order valence-electron chi connectivity index (χ4n) is 0.173. The number of ketones is 1. The van der Waals surface area contributed by atoms with Crippen molar-refractivity contribution in [2.24, 2.45) is 0 Å². The van der Waals surface area contributed by atoms with Gasteiger partial charge in [0.05, 0.1) is 5.57 Å². The minimum Gasteiger partial charge on any atom is -0.289 e. The Labute approximate surface area is 47.5 Å². The van der Waals surface area contributed by atoms with Gasteiger partial charge in [0.2, 0.25) is 6.29 Å². The van der Waals surface area contributed by atoms with E-state index in [1.807, 2.05) is 0 Å². The van der Waals surface area contributed by atoms with Crippen molar-refractivity contribution in [3.05, 3.63) is 24.8 Å². The van der Waals surface area contributed by atoms with Crippen LogP contribution in [0.15, 0.2) is 24.8 Å². The lowest BCUT2D eigenvalue weighted by Gasteiger charge is -1.81. The quantitative estimate of drug-likeness (QED) is 0.299. The van der Waals surface area contributed by atoms with Crippen LogP contribution in [0, 0.1) is 0 Å². The predicted octanol–water partition coefficient (Wildman–Crippen LogP) is 0.407. The molecule has 0 fully saturated rings. The Hall–Kier alpha value is -1.18. The maximum absolute atomic E-state index is 10.3. The van der Waals surface area contributed by atoms with E-state index in [1.165, 1.54) is 6.29 Å². The number of rotatable bonds is 3. The number of hydrogen-bond acceptors (Lipinski definition) is 2. The van der Waals surface area contributed by atoms with Gasteiger partial charge in [-0.15, -0.1) is 0 Å². The summed E-state index contributed by atoms with van der Waals surface area (Å²) in [5.41, 5.74) is -0.181. The molecule has 0 spiro atoms. The van der Waals surface area contributed by atoms with E-state index in [0.717, 1.165) is 6.08 Å². The minimum absolute atomic E-state index is 0.181. The van der Waals surface area contributed by atoms with Crippen molar-refractivity contribution >= 4 is 12.1 Å². The third-order valence-corrected chi connectivity index (χ3v) is 0.606. The Balaban J connectivity index is 4.02. The Morgan fingerprint density at radius 1 is 1.62 bits per heavy atom. The highest BCUT2D eigenvalue weighted by molar-refractivity contribution is 6.16. The van der Waals surface area contributed by atoms with Gasteiger partial charge in [-0.3, -0.25) is 9.59 Å². The number of hydrogen-bond donors (Lipinski definition) is 0. The monoisotopic (exact) mass is 109 g/mol. The molecule has 0 saturated carbocycles. The number of allylic oxidation sites excluding steroid dienone is 2. The zero-order chi connectivity index (χ0) is 6.57. The van der Waals surface area contributed by atoms with Crippen LogP contribution in [-0.2, 0) is 9.59 Å². The van der Waals surface area contributed by atoms with E-state index < -0.39 is 5.78 Å². The van der Waals surface area contributed by atoms with Crippen molar-refractivity contribution in [3.63, 3.8) is 0 Å². The Bertz CT molecular complexity index is 127. The molecule has 0 N–H and O–H groups in total. The Kier molecular flexibility index (Phi) is 2.48. The van der Waals surface area contributed by atoms with Crippen LogP contribution in [0.2, 0.25) is 0 Å². The SMILES string of the molecule is C=CC(=O)C(=C)[C]=O. The van der Waals surface area contributed by atoms with Crippen molar-refractivity contribution in [3.8, 4) is 0 Å². The normalized spacial score (nSPS) is 7.50. The van der Waals surface area contributed by atoms with E-state index >= 15 is 0 Å². The first-order chi connectivity index (χ1) is 3.72.